The predicted molar refractivity (Wildman–Crippen MR) is 22.4 cm³/mol. The standard InChI is InChI=1S/C4HF7O/c5-1(6)2(7)12-4(10,11)3(8)9/h3H. The van der Waals surface area contributed by atoms with Gasteiger partial charge < -0.3 is 4.74 Å². The fourth-order valence-electron chi connectivity index (χ4n) is 0.203. The maximum atomic E-state index is 11.6. The molecule has 72 valence electrons. The zero-order chi connectivity index (χ0) is 9.94. The molecule has 0 heterocycles. The van der Waals surface area contributed by atoms with Crippen molar-refractivity contribution in [2.45, 2.75) is 12.5 Å². The Kier molecular flexibility index (Phi) is 3.35. The monoisotopic (exact) mass is 198 g/mol. The zero-order valence-electron chi connectivity index (χ0n) is 5.13. The van der Waals surface area contributed by atoms with E-state index in [2.05, 4.69) is 4.74 Å². The van der Waals surface area contributed by atoms with Crippen molar-refractivity contribution in [3.8, 4) is 0 Å². The van der Waals surface area contributed by atoms with Crippen LogP contribution in [0.3, 0.4) is 0 Å². The highest BCUT2D eigenvalue weighted by Gasteiger charge is 2.45. The van der Waals surface area contributed by atoms with Gasteiger partial charge in [0.1, 0.15) is 0 Å². The van der Waals surface area contributed by atoms with Gasteiger partial charge in [-0.3, -0.25) is 0 Å². The molecule has 0 bridgehead atoms. The lowest BCUT2D eigenvalue weighted by Gasteiger charge is -2.13. The largest absolute Gasteiger partial charge is 0.463 e. The van der Waals surface area contributed by atoms with E-state index in [9.17, 15) is 30.7 Å². The average Bonchev–Trinajstić information content (AvgIpc) is 1.85. The van der Waals surface area contributed by atoms with Crippen molar-refractivity contribution in [2.24, 2.45) is 0 Å². The van der Waals surface area contributed by atoms with Crippen LogP contribution in [0.4, 0.5) is 30.7 Å². The topological polar surface area (TPSA) is 9.23 Å². The van der Waals surface area contributed by atoms with E-state index in [0.29, 0.717) is 0 Å². The summed E-state index contributed by atoms with van der Waals surface area (Å²) in [5.41, 5.74) is 0. The summed E-state index contributed by atoms with van der Waals surface area (Å²) in [6, 6.07) is -3.01. The van der Waals surface area contributed by atoms with Crippen LogP contribution in [0.5, 0.6) is 0 Å². The van der Waals surface area contributed by atoms with Gasteiger partial charge in [-0.25, -0.2) is 0 Å². The minimum atomic E-state index is -5.24. The van der Waals surface area contributed by atoms with Crippen molar-refractivity contribution in [1.82, 2.24) is 0 Å². The number of hydrogen-bond donors (Lipinski definition) is 0. The van der Waals surface area contributed by atoms with Gasteiger partial charge in [-0.1, -0.05) is 0 Å². The van der Waals surface area contributed by atoms with E-state index in [1.165, 1.54) is 0 Å². The molecule has 0 saturated heterocycles. The van der Waals surface area contributed by atoms with Crippen molar-refractivity contribution in [3.63, 3.8) is 0 Å². The molecule has 0 aliphatic heterocycles. The summed E-state index contributed by atoms with van der Waals surface area (Å²) in [6.07, 6.45) is -12.8. The first-order valence-corrected chi connectivity index (χ1v) is 2.33. The first-order chi connectivity index (χ1) is 5.27. The van der Waals surface area contributed by atoms with Crippen LogP contribution in [0, 0.1) is 0 Å². The Morgan fingerprint density at radius 1 is 1.08 bits per heavy atom. The molecule has 0 rings (SSSR count). The van der Waals surface area contributed by atoms with Gasteiger partial charge in [0, 0.05) is 0 Å². The Morgan fingerprint density at radius 2 is 1.50 bits per heavy atom. The normalized spacial score (nSPS) is 11.7. The summed E-state index contributed by atoms with van der Waals surface area (Å²) in [5, 5.41) is 0. The third kappa shape index (κ3) is 2.97. The smallest absolute Gasteiger partial charge is 0.398 e. The highest BCUT2D eigenvalue weighted by Crippen LogP contribution is 2.28. The van der Waals surface area contributed by atoms with E-state index in [-0.39, 0.29) is 0 Å². The minimum Gasteiger partial charge on any atom is -0.398 e. The van der Waals surface area contributed by atoms with Crippen LogP contribution in [0.1, 0.15) is 0 Å². The maximum absolute atomic E-state index is 11.6. The summed E-state index contributed by atoms with van der Waals surface area (Å²) >= 11 is 0. The lowest BCUT2D eigenvalue weighted by atomic mass is 10.6. The molecular weight excluding hydrogens is 197 g/mol. The van der Waals surface area contributed by atoms with E-state index in [0.717, 1.165) is 0 Å². The molecule has 0 aromatic carbocycles. The van der Waals surface area contributed by atoms with Crippen molar-refractivity contribution >= 4 is 0 Å². The molecule has 0 aliphatic carbocycles. The quantitative estimate of drug-likeness (QED) is 0.500. The zero-order valence-corrected chi connectivity index (χ0v) is 5.13. The van der Waals surface area contributed by atoms with Crippen molar-refractivity contribution in [1.29, 1.82) is 0 Å². The Morgan fingerprint density at radius 3 is 1.75 bits per heavy atom. The van der Waals surface area contributed by atoms with Gasteiger partial charge in [0.15, 0.2) is 0 Å². The molecule has 0 aromatic heterocycles. The van der Waals surface area contributed by atoms with Crippen LogP contribution in [0.2, 0.25) is 0 Å². The molecule has 0 aromatic rings. The highest BCUT2D eigenvalue weighted by molar-refractivity contribution is 4.82. The molecule has 0 fully saturated rings. The van der Waals surface area contributed by atoms with Crippen molar-refractivity contribution < 1.29 is 35.5 Å². The molecule has 0 N–H and O–H groups in total. The number of halogens is 7. The number of ether oxygens (including phenoxy) is 1. The molecule has 0 saturated carbocycles. The molecule has 0 amide bonds. The summed E-state index contributed by atoms with van der Waals surface area (Å²) in [6.45, 7) is 0. The SMILES string of the molecule is FC(F)=C(F)OC(F)(F)C(F)F. The van der Waals surface area contributed by atoms with Crippen LogP contribution in [-0.4, -0.2) is 12.5 Å². The van der Waals surface area contributed by atoms with Gasteiger partial charge >= 0.3 is 24.6 Å². The Bertz CT molecular complexity index is 182. The van der Waals surface area contributed by atoms with Crippen molar-refractivity contribution in [3.05, 3.63) is 12.1 Å². The second-order valence-corrected chi connectivity index (χ2v) is 1.50. The highest BCUT2D eigenvalue weighted by atomic mass is 19.3. The van der Waals surface area contributed by atoms with Crippen molar-refractivity contribution in [2.75, 3.05) is 0 Å². The lowest BCUT2D eigenvalue weighted by molar-refractivity contribution is -0.292. The molecule has 0 spiro atoms. The molecule has 0 aliphatic rings. The number of rotatable bonds is 3. The fraction of sp³-hybridized carbons (Fsp3) is 0.500. The Hall–Kier alpha value is -0.950. The van der Waals surface area contributed by atoms with Gasteiger partial charge in [-0.15, -0.1) is 0 Å². The number of alkyl halides is 4. The Labute approximate surface area is 61.4 Å². The summed E-state index contributed by atoms with van der Waals surface area (Å²) < 4.78 is 81.3. The summed E-state index contributed by atoms with van der Waals surface area (Å²) in [5.74, 6) is 0. The third-order valence-corrected chi connectivity index (χ3v) is 0.628. The molecule has 0 atom stereocenters. The first-order valence-electron chi connectivity index (χ1n) is 2.33. The third-order valence-electron chi connectivity index (χ3n) is 0.628. The molecule has 8 heteroatoms. The molecule has 0 radical (unpaired) electrons. The lowest BCUT2D eigenvalue weighted by Crippen LogP contribution is -2.29. The Balaban J connectivity index is 4.36. The van der Waals surface area contributed by atoms with Crippen LogP contribution in [0.15, 0.2) is 12.1 Å². The summed E-state index contributed by atoms with van der Waals surface area (Å²) in [7, 11) is 0. The van der Waals surface area contributed by atoms with E-state index < -0.39 is 24.6 Å². The average molecular weight is 198 g/mol. The molecule has 12 heavy (non-hydrogen) atoms. The van der Waals surface area contributed by atoms with Gasteiger partial charge in [-0.05, 0) is 0 Å². The van der Waals surface area contributed by atoms with Crippen LogP contribution >= 0.6 is 0 Å². The molecule has 0 unspecified atom stereocenters. The van der Waals surface area contributed by atoms with Crippen LogP contribution in [0.25, 0.3) is 0 Å². The van der Waals surface area contributed by atoms with E-state index in [4.69, 9.17) is 0 Å². The molecular formula is C4HF7O. The van der Waals surface area contributed by atoms with E-state index in [1.54, 1.807) is 0 Å². The minimum absolute atomic E-state index is 2.34. The summed E-state index contributed by atoms with van der Waals surface area (Å²) in [4.78, 5) is 0. The van der Waals surface area contributed by atoms with Gasteiger partial charge in [0.25, 0.3) is 0 Å². The first kappa shape index (κ1) is 11.1. The van der Waals surface area contributed by atoms with Crippen LogP contribution < -0.4 is 0 Å². The van der Waals surface area contributed by atoms with E-state index in [1.807, 2.05) is 0 Å². The van der Waals surface area contributed by atoms with Gasteiger partial charge in [-0.2, -0.15) is 30.7 Å². The number of hydrogen-bond acceptors (Lipinski definition) is 1. The molecule has 1 nitrogen and oxygen atoms in total. The van der Waals surface area contributed by atoms with Gasteiger partial charge in [0.05, 0.1) is 0 Å². The second kappa shape index (κ2) is 3.63. The van der Waals surface area contributed by atoms with Crippen LogP contribution in [-0.2, 0) is 4.74 Å². The predicted octanol–water partition coefficient (Wildman–Crippen LogP) is 2.90. The fourth-order valence-corrected chi connectivity index (χ4v) is 0.203. The van der Waals surface area contributed by atoms with Gasteiger partial charge in [0.2, 0.25) is 0 Å². The van der Waals surface area contributed by atoms with E-state index >= 15 is 0 Å². The second-order valence-electron chi connectivity index (χ2n) is 1.50. The maximum Gasteiger partial charge on any atom is 0.463 e.